The summed E-state index contributed by atoms with van der Waals surface area (Å²) < 4.78 is 0.846. The Morgan fingerprint density at radius 2 is 2.00 bits per heavy atom. The predicted molar refractivity (Wildman–Crippen MR) is 81.3 cm³/mol. The van der Waals surface area contributed by atoms with E-state index < -0.39 is 5.97 Å². The number of thiazole rings is 1. The lowest BCUT2D eigenvalue weighted by atomic mass is 10.2. The molecule has 1 heterocycles. The molecule has 0 unspecified atom stereocenters. The fourth-order valence-electron chi connectivity index (χ4n) is 1.81. The molecular weight excluding hydrogens is 296 g/mol. The summed E-state index contributed by atoms with van der Waals surface area (Å²) in [6.45, 7) is 0. The van der Waals surface area contributed by atoms with E-state index in [9.17, 15) is 4.79 Å². The Labute approximate surface area is 123 Å². The van der Waals surface area contributed by atoms with Crippen LogP contribution in [-0.4, -0.2) is 16.1 Å². The molecule has 100 valence electrons. The van der Waals surface area contributed by atoms with E-state index in [1.807, 2.05) is 30.3 Å². The summed E-state index contributed by atoms with van der Waals surface area (Å²) in [5, 5.41) is 13.1. The number of hydrogen-bond donors (Lipinski definition) is 2. The molecule has 4 nitrogen and oxygen atoms in total. The summed E-state index contributed by atoms with van der Waals surface area (Å²) in [6.07, 6.45) is 0. The maximum Gasteiger partial charge on any atom is 0.337 e. The van der Waals surface area contributed by atoms with Gasteiger partial charge in [-0.2, -0.15) is 0 Å². The van der Waals surface area contributed by atoms with Crippen LogP contribution >= 0.6 is 22.9 Å². The van der Waals surface area contributed by atoms with Crippen molar-refractivity contribution in [3.05, 3.63) is 53.1 Å². The second kappa shape index (κ2) is 5.11. The molecule has 0 saturated carbocycles. The molecule has 20 heavy (non-hydrogen) atoms. The average molecular weight is 305 g/mol. The van der Waals surface area contributed by atoms with E-state index in [0.717, 1.165) is 10.4 Å². The van der Waals surface area contributed by atoms with Crippen molar-refractivity contribution in [1.29, 1.82) is 0 Å². The first-order chi connectivity index (χ1) is 9.63. The molecule has 0 atom stereocenters. The lowest BCUT2D eigenvalue weighted by Crippen LogP contribution is -1.96. The van der Waals surface area contributed by atoms with Crippen molar-refractivity contribution in [3.8, 4) is 0 Å². The first-order valence-corrected chi connectivity index (χ1v) is 6.98. The maximum atomic E-state index is 11.0. The number of halogens is 1. The van der Waals surface area contributed by atoms with Gasteiger partial charge in [-0.3, -0.25) is 0 Å². The van der Waals surface area contributed by atoms with E-state index in [0.29, 0.717) is 10.6 Å². The van der Waals surface area contributed by atoms with Crippen LogP contribution in [0.25, 0.3) is 10.2 Å². The monoisotopic (exact) mass is 304 g/mol. The zero-order valence-corrected chi connectivity index (χ0v) is 11.7. The Bertz CT molecular complexity index is 786. The molecule has 0 aliphatic carbocycles. The van der Waals surface area contributed by atoms with Gasteiger partial charge in [0.1, 0.15) is 0 Å². The van der Waals surface area contributed by atoms with Crippen molar-refractivity contribution in [2.24, 2.45) is 0 Å². The summed E-state index contributed by atoms with van der Waals surface area (Å²) in [7, 11) is 0. The van der Waals surface area contributed by atoms with Gasteiger partial charge in [-0.05, 0) is 24.3 Å². The molecular formula is C14H9ClN2O2S. The number of carboxylic acid groups (broad SMARTS) is 1. The Kier molecular flexibility index (Phi) is 3.30. The normalized spacial score (nSPS) is 10.7. The third kappa shape index (κ3) is 2.45. The van der Waals surface area contributed by atoms with Crippen molar-refractivity contribution in [2.75, 3.05) is 5.32 Å². The van der Waals surface area contributed by atoms with Crippen LogP contribution < -0.4 is 5.32 Å². The van der Waals surface area contributed by atoms with Gasteiger partial charge >= 0.3 is 5.97 Å². The number of carboxylic acids is 1. The highest BCUT2D eigenvalue weighted by Gasteiger charge is 2.13. The summed E-state index contributed by atoms with van der Waals surface area (Å²) in [5.41, 5.74) is 1.61. The number of aromatic nitrogens is 1. The SMILES string of the molecule is O=C(O)c1cc2nc(Nc3ccccc3)sc2cc1Cl. The number of benzene rings is 2. The van der Waals surface area contributed by atoms with E-state index in [4.69, 9.17) is 16.7 Å². The molecule has 0 spiro atoms. The smallest absolute Gasteiger partial charge is 0.337 e. The molecule has 0 radical (unpaired) electrons. The van der Waals surface area contributed by atoms with Gasteiger partial charge < -0.3 is 10.4 Å². The standard InChI is InChI=1S/C14H9ClN2O2S/c15-10-7-12-11(6-9(10)13(18)19)17-14(20-12)16-8-4-2-1-3-5-8/h1-7H,(H,16,17)(H,18,19). The topological polar surface area (TPSA) is 62.2 Å². The zero-order chi connectivity index (χ0) is 14.1. The van der Waals surface area contributed by atoms with Crippen LogP contribution in [0, 0.1) is 0 Å². The van der Waals surface area contributed by atoms with Gasteiger partial charge in [0.05, 0.1) is 20.8 Å². The first-order valence-electron chi connectivity index (χ1n) is 5.79. The van der Waals surface area contributed by atoms with Gasteiger partial charge in [-0.15, -0.1) is 0 Å². The molecule has 1 aromatic heterocycles. The highest BCUT2D eigenvalue weighted by Crippen LogP contribution is 2.32. The first kappa shape index (κ1) is 12.9. The third-order valence-electron chi connectivity index (χ3n) is 2.73. The molecule has 0 aliphatic rings. The van der Waals surface area contributed by atoms with Gasteiger partial charge in [-0.25, -0.2) is 9.78 Å². The molecule has 2 N–H and O–H groups in total. The number of nitrogens with zero attached hydrogens (tertiary/aromatic N) is 1. The summed E-state index contributed by atoms with van der Waals surface area (Å²) in [6, 6.07) is 12.8. The summed E-state index contributed by atoms with van der Waals surface area (Å²) in [4.78, 5) is 15.4. The second-order valence-corrected chi connectivity index (χ2v) is 5.55. The molecule has 0 amide bonds. The minimum Gasteiger partial charge on any atom is -0.478 e. The van der Waals surface area contributed by atoms with Crippen molar-refractivity contribution in [2.45, 2.75) is 0 Å². The minimum atomic E-state index is -1.05. The number of rotatable bonds is 3. The van der Waals surface area contributed by atoms with E-state index in [-0.39, 0.29) is 10.6 Å². The Balaban J connectivity index is 2.00. The zero-order valence-electron chi connectivity index (χ0n) is 10.1. The molecule has 0 bridgehead atoms. The Morgan fingerprint density at radius 1 is 1.25 bits per heavy atom. The quantitative estimate of drug-likeness (QED) is 0.753. The van der Waals surface area contributed by atoms with Crippen LogP contribution in [0.1, 0.15) is 10.4 Å². The number of fused-ring (bicyclic) bond motifs is 1. The van der Waals surface area contributed by atoms with Crippen molar-refractivity contribution < 1.29 is 9.90 Å². The Hall–Kier alpha value is -2.11. The summed E-state index contributed by atoms with van der Waals surface area (Å²) in [5.74, 6) is -1.05. The molecule has 2 aromatic carbocycles. The Morgan fingerprint density at radius 3 is 2.70 bits per heavy atom. The van der Waals surface area contributed by atoms with Gasteiger partial charge in [0, 0.05) is 5.69 Å². The number of carbonyl (C=O) groups is 1. The second-order valence-electron chi connectivity index (χ2n) is 4.11. The van der Waals surface area contributed by atoms with Crippen LogP contribution in [-0.2, 0) is 0 Å². The van der Waals surface area contributed by atoms with Crippen LogP contribution in [0.5, 0.6) is 0 Å². The number of nitrogens with one attached hydrogen (secondary N) is 1. The fraction of sp³-hybridized carbons (Fsp3) is 0. The molecule has 0 aliphatic heterocycles. The van der Waals surface area contributed by atoms with Crippen molar-refractivity contribution in [1.82, 2.24) is 4.98 Å². The number of para-hydroxylation sites is 1. The van der Waals surface area contributed by atoms with Gasteiger partial charge in [0.2, 0.25) is 0 Å². The average Bonchev–Trinajstić information content (AvgIpc) is 2.79. The van der Waals surface area contributed by atoms with E-state index in [1.165, 1.54) is 17.4 Å². The van der Waals surface area contributed by atoms with Crippen molar-refractivity contribution in [3.63, 3.8) is 0 Å². The van der Waals surface area contributed by atoms with Crippen LogP contribution in [0.3, 0.4) is 0 Å². The van der Waals surface area contributed by atoms with Gasteiger partial charge in [-0.1, -0.05) is 41.1 Å². The van der Waals surface area contributed by atoms with E-state index in [1.54, 1.807) is 6.07 Å². The lowest BCUT2D eigenvalue weighted by Gasteiger charge is -1.99. The van der Waals surface area contributed by atoms with E-state index >= 15 is 0 Å². The minimum absolute atomic E-state index is 0.0655. The number of hydrogen-bond acceptors (Lipinski definition) is 4. The van der Waals surface area contributed by atoms with Gasteiger partial charge in [0.25, 0.3) is 0 Å². The highest BCUT2D eigenvalue weighted by atomic mass is 35.5. The van der Waals surface area contributed by atoms with Gasteiger partial charge in [0.15, 0.2) is 5.13 Å². The van der Waals surface area contributed by atoms with E-state index in [2.05, 4.69) is 10.3 Å². The third-order valence-corrected chi connectivity index (χ3v) is 3.98. The highest BCUT2D eigenvalue weighted by molar-refractivity contribution is 7.22. The molecule has 3 aromatic rings. The predicted octanol–water partition coefficient (Wildman–Crippen LogP) is 4.39. The molecule has 0 saturated heterocycles. The molecule has 6 heteroatoms. The van der Waals surface area contributed by atoms with Crippen LogP contribution in [0.2, 0.25) is 5.02 Å². The lowest BCUT2D eigenvalue weighted by molar-refractivity contribution is 0.0697. The molecule has 3 rings (SSSR count). The molecule has 0 fully saturated rings. The van der Waals surface area contributed by atoms with Crippen molar-refractivity contribution >= 4 is 49.9 Å². The van der Waals surface area contributed by atoms with Crippen LogP contribution in [0.4, 0.5) is 10.8 Å². The number of aromatic carboxylic acids is 1. The summed E-state index contributed by atoms with van der Waals surface area (Å²) >= 11 is 7.37. The van der Waals surface area contributed by atoms with Crippen LogP contribution in [0.15, 0.2) is 42.5 Å². The largest absolute Gasteiger partial charge is 0.478 e. The maximum absolute atomic E-state index is 11.0. The fourth-order valence-corrected chi connectivity index (χ4v) is 3.03. The number of anilines is 2.